The maximum absolute atomic E-state index is 2.31. The fourth-order valence-corrected chi connectivity index (χ4v) is 3.08. The van der Waals surface area contributed by atoms with Gasteiger partial charge < -0.3 is 0 Å². The van der Waals surface area contributed by atoms with Crippen molar-refractivity contribution < 1.29 is 0 Å². The van der Waals surface area contributed by atoms with Gasteiger partial charge in [-0.2, -0.15) is 0 Å². The van der Waals surface area contributed by atoms with Gasteiger partial charge in [-0.05, 0) is 61.8 Å². The fraction of sp³-hybridized carbons (Fsp3) is 0.727. The summed E-state index contributed by atoms with van der Waals surface area (Å²) in [4.78, 5) is 0. The maximum atomic E-state index is 2.31. The molecular weight excluding hydrogens is 264 g/mol. The van der Waals surface area contributed by atoms with E-state index in [1.54, 1.807) is 33.4 Å². The lowest BCUT2D eigenvalue weighted by atomic mass is 9.99. The minimum atomic E-state index is 1.22. The summed E-state index contributed by atoms with van der Waals surface area (Å²) in [7, 11) is 0. The van der Waals surface area contributed by atoms with Gasteiger partial charge in [-0.15, -0.1) is 0 Å². The fourth-order valence-electron chi connectivity index (χ4n) is 3.08. The lowest BCUT2D eigenvalue weighted by Crippen LogP contribution is -1.87. The van der Waals surface area contributed by atoms with Gasteiger partial charge in [0.25, 0.3) is 0 Å². The Morgan fingerprint density at radius 2 is 0.773 bits per heavy atom. The van der Waals surface area contributed by atoms with Gasteiger partial charge in [-0.25, -0.2) is 0 Å². The van der Waals surface area contributed by atoms with Crippen LogP contribution in [0.2, 0.25) is 0 Å². The second-order valence-corrected chi connectivity index (χ2v) is 4.54. The molecule has 22 heavy (non-hydrogen) atoms. The van der Waals surface area contributed by atoms with Crippen molar-refractivity contribution in [3.63, 3.8) is 0 Å². The van der Waals surface area contributed by atoms with Crippen LogP contribution in [-0.2, 0) is 0 Å². The molecule has 0 aromatic carbocycles. The van der Waals surface area contributed by atoms with Crippen molar-refractivity contribution >= 4 is 0 Å². The van der Waals surface area contributed by atoms with Gasteiger partial charge in [0.2, 0.25) is 0 Å². The average Bonchev–Trinajstić information content (AvgIpc) is 3.07. The Morgan fingerprint density at radius 1 is 0.545 bits per heavy atom. The molecule has 0 aliphatic heterocycles. The molecule has 0 nitrogen and oxygen atoms in total. The molecule has 0 bridgehead atoms. The molecule has 2 rings (SSSR count). The molecule has 0 heterocycles. The van der Waals surface area contributed by atoms with Crippen LogP contribution in [0.15, 0.2) is 33.4 Å². The predicted octanol–water partition coefficient (Wildman–Crippen LogP) is 8.65. The molecule has 0 spiro atoms. The van der Waals surface area contributed by atoms with E-state index in [0.717, 1.165) is 0 Å². The Morgan fingerprint density at radius 3 is 0.955 bits per heavy atom. The zero-order chi connectivity index (χ0) is 18.3. The molecule has 0 saturated carbocycles. The molecule has 2 aliphatic rings. The van der Waals surface area contributed by atoms with Gasteiger partial charge in [-0.1, -0.05) is 80.4 Å². The second-order valence-electron chi connectivity index (χ2n) is 4.54. The number of hydrogen-bond acceptors (Lipinski definition) is 0. The van der Waals surface area contributed by atoms with E-state index in [1.807, 2.05) is 55.4 Å². The molecule has 132 valence electrons. The SMILES string of the molecule is CC.CC.CC.CC.CCC1=C(C)CC2=C1CC(C)=C2CC. The van der Waals surface area contributed by atoms with Crippen LogP contribution >= 0.6 is 0 Å². The number of hydrogen-bond donors (Lipinski definition) is 0. The van der Waals surface area contributed by atoms with Gasteiger partial charge in [0, 0.05) is 0 Å². The van der Waals surface area contributed by atoms with E-state index in [4.69, 9.17) is 0 Å². The van der Waals surface area contributed by atoms with E-state index in [9.17, 15) is 0 Å². The van der Waals surface area contributed by atoms with Crippen molar-refractivity contribution in [3.8, 4) is 0 Å². The van der Waals surface area contributed by atoms with Crippen LogP contribution < -0.4 is 0 Å². The van der Waals surface area contributed by atoms with E-state index in [2.05, 4.69) is 27.7 Å². The summed E-state index contributed by atoms with van der Waals surface area (Å²) in [5, 5.41) is 0. The highest BCUT2D eigenvalue weighted by molar-refractivity contribution is 5.60. The smallest absolute Gasteiger partial charge is 0.00583 e. The summed E-state index contributed by atoms with van der Waals surface area (Å²) < 4.78 is 0. The summed E-state index contributed by atoms with van der Waals surface area (Å²) in [6.07, 6.45) is 4.90. The highest BCUT2D eigenvalue weighted by Crippen LogP contribution is 2.47. The van der Waals surface area contributed by atoms with E-state index >= 15 is 0 Å². The first kappa shape index (κ1) is 26.1. The van der Waals surface area contributed by atoms with Crippen molar-refractivity contribution in [2.75, 3.05) is 0 Å². The van der Waals surface area contributed by atoms with E-state index in [1.165, 1.54) is 25.7 Å². The average molecular weight is 309 g/mol. The lowest BCUT2D eigenvalue weighted by molar-refractivity contribution is 1.00. The molecule has 0 N–H and O–H groups in total. The van der Waals surface area contributed by atoms with Crippen molar-refractivity contribution in [3.05, 3.63) is 33.4 Å². The van der Waals surface area contributed by atoms with Gasteiger partial charge in [0.05, 0.1) is 0 Å². The Bertz CT molecular complexity index is 325. The van der Waals surface area contributed by atoms with Crippen LogP contribution in [0, 0.1) is 0 Å². The quantitative estimate of drug-likeness (QED) is 0.478. The third-order valence-electron chi connectivity index (χ3n) is 3.71. The number of rotatable bonds is 2. The first-order valence-electron chi connectivity index (χ1n) is 9.79. The minimum absolute atomic E-state index is 1.22. The van der Waals surface area contributed by atoms with Gasteiger partial charge in [0.15, 0.2) is 0 Å². The van der Waals surface area contributed by atoms with E-state index in [0.29, 0.717) is 0 Å². The van der Waals surface area contributed by atoms with E-state index < -0.39 is 0 Å². The monoisotopic (exact) mass is 308 g/mol. The lowest BCUT2D eigenvalue weighted by Gasteiger charge is -2.07. The summed E-state index contributed by atoms with van der Waals surface area (Å²) in [6, 6.07) is 0. The third kappa shape index (κ3) is 6.55. The summed E-state index contributed by atoms with van der Waals surface area (Å²) in [6.45, 7) is 25.2. The highest BCUT2D eigenvalue weighted by atomic mass is 14.3. The Labute approximate surface area is 142 Å². The van der Waals surface area contributed by atoms with Gasteiger partial charge in [0.1, 0.15) is 0 Å². The van der Waals surface area contributed by atoms with Gasteiger partial charge >= 0.3 is 0 Å². The molecule has 0 saturated heterocycles. The highest BCUT2D eigenvalue weighted by Gasteiger charge is 2.28. The summed E-state index contributed by atoms with van der Waals surface area (Å²) >= 11 is 0. The van der Waals surface area contributed by atoms with Crippen LogP contribution in [-0.4, -0.2) is 0 Å². The van der Waals surface area contributed by atoms with Crippen LogP contribution in [0.4, 0.5) is 0 Å². The van der Waals surface area contributed by atoms with Crippen LogP contribution in [0.3, 0.4) is 0 Å². The molecular formula is C22H44. The second kappa shape index (κ2) is 16.6. The van der Waals surface area contributed by atoms with Crippen molar-refractivity contribution in [2.45, 2.75) is 109 Å². The normalized spacial score (nSPS) is 14.7. The van der Waals surface area contributed by atoms with E-state index in [-0.39, 0.29) is 0 Å². The molecule has 0 fully saturated rings. The zero-order valence-corrected chi connectivity index (χ0v) is 17.8. The largest absolute Gasteiger partial charge is 0.0683 e. The van der Waals surface area contributed by atoms with Crippen molar-refractivity contribution in [1.82, 2.24) is 0 Å². The first-order chi connectivity index (χ1) is 10.7. The first-order valence-corrected chi connectivity index (χ1v) is 9.79. The maximum Gasteiger partial charge on any atom is -0.00583 e. The molecule has 0 amide bonds. The van der Waals surface area contributed by atoms with Crippen molar-refractivity contribution in [1.29, 1.82) is 0 Å². The summed E-state index contributed by atoms with van der Waals surface area (Å²) in [5.74, 6) is 0. The third-order valence-corrected chi connectivity index (χ3v) is 3.71. The Kier molecular flexibility index (Phi) is 19.7. The minimum Gasteiger partial charge on any atom is -0.0683 e. The van der Waals surface area contributed by atoms with Crippen molar-refractivity contribution in [2.24, 2.45) is 0 Å². The zero-order valence-electron chi connectivity index (χ0n) is 17.8. The molecule has 0 radical (unpaired) electrons. The van der Waals surface area contributed by atoms with Gasteiger partial charge in [-0.3, -0.25) is 0 Å². The molecule has 0 aromatic rings. The molecule has 0 unspecified atom stereocenters. The topological polar surface area (TPSA) is 0 Å². The Hall–Kier alpha value is -0.780. The Balaban J connectivity index is -0.000000394. The summed E-state index contributed by atoms with van der Waals surface area (Å²) in [5.41, 5.74) is 9.91. The van der Waals surface area contributed by atoms with Crippen LogP contribution in [0.25, 0.3) is 0 Å². The number of allylic oxidation sites excluding steroid dienone is 6. The molecule has 0 atom stereocenters. The van der Waals surface area contributed by atoms with Crippen LogP contribution in [0.5, 0.6) is 0 Å². The molecule has 0 heteroatoms. The standard InChI is InChI=1S/C14H20.4C2H6/c1-5-11-9(3)7-14-12(6-2)10(4)8-13(11)14;4*1-2/h5-8H2,1-4H3;4*1-2H3. The molecule has 0 aromatic heterocycles. The van der Waals surface area contributed by atoms with Crippen LogP contribution in [0.1, 0.15) is 109 Å². The predicted molar refractivity (Wildman–Crippen MR) is 108 cm³/mol. The molecule has 2 aliphatic carbocycles.